The molecule has 0 amide bonds. The van der Waals surface area contributed by atoms with Crippen LogP contribution in [0, 0.1) is 5.92 Å². The third-order valence-corrected chi connectivity index (χ3v) is 2.39. The van der Waals surface area contributed by atoms with Gasteiger partial charge in [-0.15, -0.1) is 11.6 Å². The van der Waals surface area contributed by atoms with Crippen LogP contribution in [0.5, 0.6) is 0 Å². The van der Waals surface area contributed by atoms with Gasteiger partial charge >= 0.3 is 0 Å². The molecule has 74 valence electrons. The average molecular weight is 199 g/mol. The molecule has 0 rings (SSSR count). The van der Waals surface area contributed by atoms with Crippen molar-refractivity contribution in [1.82, 2.24) is 0 Å². The van der Waals surface area contributed by atoms with Crippen LogP contribution in [-0.4, -0.2) is 12.3 Å². The highest BCUT2D eigenvalue weighted by Crippen LogP contribution is 2.17. The summed E-state index contributed by atoms with van der Waals surface area (Å²) < 4.78 is 23.5. The van der Waals surface area contributed by atoms with E-state index in [1.54, 1.807) is 0 Å². The Morgan fingerprint density at radius 3 is 2.25 bits per heavy atom. The van der Waals surface area contributed by atoms with Gasteiger partial charge < -0.3 is 0 Å². The summed E-state index contributed by atoms with van der Waals surface area (Å²) in [6.07, 6.45) is 1.48. The lowest BCUT2D eigenvalue weighted by Gasteiger charge is -2.11. The molecule has 0 saturated heterocycles. The maximum Gasteiger partial charge on any atom is 0.238 e. The van der Waals surface area contributed by atoms with E-state index in [-0.39, 0.29) is 6.42 Å². The maximum absolute atomic E-state index is 11.7. The Balaban J connectivity index is 3.31. The van der Waals surface area contributed by atoms with Crippen LogP contribution in [0.1, 0.15) is 39.0 Å². The molecular formula is C9H17ClF2. The van der Waals surface area contributed by atoms with E-state index < -0.39 is 6.43 Å². The number of rotatable bonds is 7. The van der Waals surface area contributed by atoms with Gasteiger partial charge in [-0.3, -0.25) is 0 Å². The van der Waals surface area contributed by atoms with Gasteiger partial charge in [-0.2, -0.15) is 0 Å². The summed E-state index contributed by atoms with van der Waals surface area (Å²) in [5, 5.41) is 0. The fraction of sp³-hybridized carbons (Fsp3) is 1.00. The van der Waals surface area contributed by atoms with Gasteiger partial charge in [0, 0.05) is 12.3 Å². The zero-order valence-corrected chi connectivity index (χ0v) is 8.29. The molecule has 0 heterocycles. The van der Waals surface area contributed by atoms with Gasteiger partial charge in [-0.25, -0.2) is 8.78 Å². The number of alkyl halides is 3. The first kappa shape index (κ1) is 12.2. The summed E-state index contributed by atoms with van der Waals surface area (Å²) in [7, 11) is 0. The molecule has 0 radical (unpaired) electrons. The van der Waals surface area contributed by atoms with Crippen molar-refractivity contribution in [2.75, 3.05) is 5.88 Å². The van der Waals surface area contributed by atoms with Crippen molar-refractivity contribution in [1.29, 1.82) is 0 Å². The van der Waals surface area contributed by atoms with Gasteiger partial charge in [0.1, 0.15) is 0 Å². The number of hydrogen-bond acceptors (Lipinski definition) is 0. The summed E-state index contributed by atoms with van der Waals surface area (Å²) in [6, 6.07) is 0. The predicted molar refractivity (Wildman–Crippen MR) is 49.0 cm³/mol. The van der Waals surface area contributed by atoms with Gasteiger partial charge in [0.2, 0.25) is 6.43 Å². The Morgan fingerprint density at radius 2 is 1.83 bits per heavy atom. The third kappa shape index (κ3) is 6.84. The van der Waals surface area contributed by atoms with Crippen molar-refractivity contribution in [3.05, 3.63) is 0 Å². The molecule has 0 N–H and O–H groups in total. The molecule has 0 fully saturated rings. The van der Waals surface area contributed by atoms with Crippen LogP contribution in [0.4, 0.5) is 8.78 Å². The second-order valence-corrected chi connectivity index (χ2v) is 3.44. The summed E-state index contributed by atoms with van der Waals surface area (Å²) in [4.78, 5) is 0. The highest BCUT2D eigenvalue weighted by atomic mass is 35.5. The van der Waals surface area contributed by atoms with Crippen molar-refractivity contribution >= 4 is 11.6 Å². The molecule has 0 aromatic heterocycles. The van der Waals surface area contributed by atoms with E-state index in [9.17, 15) is 8.78 Å². The average Bonchev–Trinajstić information content (AvgIpc) is 2.02. The summed E-state index contributed by atoms with van der Waals surface area (Å²) in [5.74, 6) is 1.05. The topological polar surface area (TPSA) is 0 Å². The van der Waals surface area contributed by atoms with Crippen molar-refractivity contribution in [3.63, 3.8) is 0 Å². The standard InChI is InChI=1S/C9H17ClF2/c1-2-4-8(7-10)5-3-6-9(11)12/h8-9H,2-7H2,1H3. The summed E-state index contributed by atoms with van der Waals surface area (Å²) >= 11 is 5.67. The Morgan fingerprint density at radius 1 is 1.17 bits per heavy atom. The lowest BCUT2D eigenvalue weighted by molar-refractivity contribution is 0.132. The predicted octanol–water partition coefficient (Wildman–Crippen LogP) is 4.08. The molecule has 0 aliphatic carbocycles. The first-order valence-corrected chi connectivity index (χ1v) is 5.08. The van der Waals surface area contributed by atoms with Gasteiger partial charge in [0.25, 0.3) is 0 Å². The van der Waals surface area contributed by atoms with E-state index in [4.69, 9.17) is 11.6 Å². The smallest absolute Gasteiger partial charge is 0.211 e. The van der Waals surface area contributed by atoms with Crippen LogP contribution >= 0.6 is 11.6 Å². The van der Waals surface area contributed by atoms with E-state index >= 15 is 0 Å². The highest BCUT2D eigenvalue weighted by Gasteiger charge is 2.08. The number of halogens is 3. The fourth-order valence-electron chi connectivity index (χ4n) is 1.27. The van der Waals surface area contributed by atoms with Crippen molar-refractivity contribution < 1.29 is 8.78 Å². The first-order chi connectivity index (χ1) is 5.70. The first-order valence-electron chi connectivity index (χ1n) is 4.54. The Labute approximate surface area is 78.3 Å². The second kappa shape index (κ2) is 7.78. The largest absolute Gasteiger partial charge is 0.238 e. The second-order valence-electron chi connectivity index (χ2n) is 3.13. The molecule has 0 aliphatic rings. The molecule has 0 nitrogen and oxygen atoms in total. The summed E-state index contributed by atoms with van der Waals surface area (Å²) in [5.41, 5.74) is 0. The van der Waals surface area contributed by atoms with Crippen LogP contribution in [-0.2, 0) is 0 Å². The molecule has 0 aromatic rings. The zero-order valence-electron chi connectivity index (χ0n) is 7.53. The molecule has 12 heavy (non-hydrogen) atoms. The lowest BCUT2D eigenvalue weighted by atomic mass is 9.99. The van der Waals surface area contributed by atoms with Gasteiger partial charge in [-0.1, -0.05) is 13.3 Å². The molecule has 3 heteroatoms. The van der Waals surface area contributed by atoms with E-state index in [1.165, 1.54) is 0 Å². The quantitative estimate of drug-likeness (QED) is 0.541. The minimum atomic E-state index is -2.15. The Hall–Kier alpha value is 0.150. The lowest BCUT2D eigenvalue weighted by Crippen LogP contribution is -2.03. The molecule has 0 bridgehead atoms. The van der Waals surface area contributed by atoms with Crippen LogP contribution in [0.25, 0.3) is 0 Å². The maximum atomic E-state index is 11.7. The molecule has 0 saturated carbocycles. The van der Waals surface area contributed by atoms with Crippen LogP contribution in [0.15, 0.2) is 0 Å². The van der Waals surface area contributed by atoms with Gasteiger partial charge in [0.15, 0.2) is 0 Å². The fourth-order valence-corrected chi connectivity index (χ4v) is 1.58. The van der Waals surface area contributed by atoms with Gasteiger partial charge in [-0.05, 0) is 25.2 Å². The monoisotopic (exact) mass is 198 g/mol. The van der Waals surface area contributed by atoms with Crippen LogP contribution < -0.4 is 0 Å². The molecule has 0 spiro atoms. The minimum absolute atomic E-state index is 0.0249. The minimum Gasteiger partial charge on any atom is -0.211 e. The molecule has 1 unspecified atom stereocenters. The van der Waals surface area contributed by atoms with Crippen LogP contribution in [0.3, 0.4) is 0 Å². The Kier molecular flexibility index (Phi) is 7.88. The van der Waals surface area contributed by atoms with E-state index in [2.05, 4.69) is 6.92 Å². The number of hydrogen-bond donors (Lipinski definition) is 0. The normalized spacial score (nSPS) is 13.8. The van der Waals surface area contributed by atoms with E-state index in [1.807, 2.05) is 0 Å². The van der Waals surface area contributed by atoms with Crippen molar-refractivity contribution in [2.24, 2.45) is 5.92 Å². The van der Waals surface area contributed by atoms with E-state index in [0.29, 0.717) is 18.2 Å². The molecule has 0 aliphatic heterocycles. The zero-order chi connectivity index (χ0) is 9.40. The van der Waals surface area contributed by atoms with Crippen molar-refractivity contribution in [3.8, 4) is 0 Å². The SMILES string of the molecule is CCCC(CCl)CCCC(F)F. The molecule has 0 aromatic carbocycles. The third-order valence-electron chi connectivity index (χ3n) is 1.95. The van der Waals surface area contributed by atoms with Gasteiger partial charge in [0.05, 0.1) is 0 Å². The summed E-state index contributed by atoms with van der Waals surface area (Å²) in [6.45, 7) is 2.09. The molecular weight excluding hydrogens is 182 g/mol. The van der Waals surface area contributed by atoms with Crippen molar-refractivity contribution in [2.45, 2.75) is 45.5 Å². The van der Waals surface area contributed by atoms with Crippen LogP contribution in [0.2, 0.25) is 0 Å². The Bertz CT molecular complexity index is 96.5. The molecule has 1 atom stereocenters. The van der Waals surface area contributed by atoms with E-state index in [0.717, 1.165) is 19.3 Å². The highest BCUT2D eigenvalue weighted by molar-refractivity contribution is 6.18.